The van der Waals surface area contributed by atoms with Crippen LogP contribution in [0.15, 0.2) is 46.9 Å². The maximum absolute atomic E-state index is 13.7. The first-order valence-electron chi connectivity index (χ1n) is 6.26. The molecule has 0 spiro atoms. The number of amides is 1. The number of halogens is 3. The lowest BCUT2D eigenvalue weighted by Gasteiger charge is -2.18. The summed E-state index contributed by atoms with van der Waals surface area (Å²) in [5.74, 6) is 1.45. The number of oxime groups is 1. The third-order valence-corrected chi connectivity index (χ3v) is 4.26. The minimum absolute atomic E-state index is 0.138. The van der Waals surface area contributed by atoms with Gasteiger partial charge in [0.25, 0.3) is 11.6 Å². The Morgan fingerprint density at radius 3 is 2.75 bits per heavy atom. The van der Waals surface area contributed by atoms with E-state index >= 15 is 0 Å². The van der Waals surface area contributed by atoms with Gasteiger partial charge in [0.15, 0.2) is 17.3 Å². The average molecular weight is 450 g/mol. The van der Waals surface area contributed by atoms with Crippen molar-refractivity contribution in [1.82, 2.24) is 5.32 Å². The number of nitrogens with zero attached hydrogens (tertiary/aromatic N) is 2. The van der Waals surface area contributed by atoms with Crippen molar-refractivity contribution in [3.05, 3.63) is 69.1 Å². The number of alkyl halides is 1. The van der Waals surface area contributed by atoms with Gasteiger partial charge in [0.2, 0.25) is 0 Å². The molecule has 0 radical (unpaired) electrons. The number of rotatable bonds is 4. The Bertz CT molecular complexity index is 794. The summed E-state index contributed by atoms with van der Waals surface area (Å²) in [4.78, 5) is 26.5. The molecule has 24 heavy (non-hydrogen) atoms. The molecule has 0 bridgehead atoms. The molecule has 2 rings (SSSR count). The highest BCUT2D eigenvalue weighted by atomic mass is 127. The molecule has 1 aliphatic rings. The number of carbonyl (C=O) groups is 1. The standard InChI is InChI=1S/C13H9F2IN4O4/c14-7-3-1-2-6(10(7)15)13(21)18-8-4-5-9(20(22)23)12(11(8)16)19-24-17/h1-5,11H,17H2,(H,18,21)/b19-12-. The van der Waals surface area contributed by atoms with Gasteiger partial charge in [-0.15, -0.1) is 5.90 Å². The molecule has 0 saturated carbocycles. The summed E-state index contributed by atoms with van der Waals surface area (Å²) in [5.41, 5.74) is -0.835. The van der Waals surface area contributed by atoms with Crippen molar-refractivity contribution in [2.75, 3.05) is 0 Å². The number of nitrogens with two attached hydrogens (primary N) is 1. The molecule has 0 saturated heterocycles. The van der Waals surface area contributed by atoms with Crippen molar-refractivity contribution in [3.8, 4) is 0 Å². The van der Waals surface area contributed by atoms with Crippen molar-refractivity contribution in [2.24, 2.45) is 11.1 Å². The van der Waals surface area contributed by atoms with Gasteiger partial charge in [-0.2, -0.15) is 0 Å². The fraction of sp³-hybridized carbons (Fsp3) is 0.0769. The highest BCUT2D eigenvalue weighted by Crippen LogP contribution is 2.24. The van der Waals surface area contributed by atoms with Gasteiger partial charge in [-0.3, -0.25) is 14.9 Å². The Hall–Kier alpha value is -2.41. The number of hydrogen-bond acceptors (Lipinski definition) is 6. The van der Waals surface area contributed by atoms with Crippen LogP contribution in [0.4, 0.5) is 8.78 Å². The van der Waals surface area contributed by atoms with Crippen LogP contribution in [0.1, 0.15) is 10.4 Å². The summed E-state index contributed by atoms with van der Waals surface area (Å²) in [6.07, 6.45) is 2.35. The zero-order valence-corrected chi connectivity index (χ0v) is 13.9. The van der Waals surface area contributed by atoms with Crippen LogP contribution in [0, 0.1) is 21.7 Å². The highest BCUT2D eigenvalue weighted by Gasteiger charge is 2.33. The number of carbonyl (C=O) groups excluding carboxylic acids is 1. The number of allylic oxidation sites excluding steroid dienone is 4. The van der Waals surface area contributed by atoms with Gasteiger partial charge in [0.1, 0.15) is 3.92 Å². The van der Waals surface area contributed by atoms with Gasteiger partial charge in [-0.25, -0.2) is 8.78 Å². The lowest BCUT2D eigenvalue weighted by molar-refractivity contribution is -0.415. The van der Waals surface area contributed by atoms with Crippen molar-refractivity contribution < 1.29 is 23.4 Å². The lowest BCUT2D eigenvalue weighted by atomic mass is 10.1. The minimum Gasteiger partial charge on any atom is -0.324 e. The smallest absolute Gasteiger partial charge is 0.295 e. The third-order valence-electron chi connectivity index (χ3n) is 3.00. The number of hydrogen-bond donors (Lipinski definition) is 2. The van der Waals surface area contributed by atoms with Crippen LogP contribution < -0.4 is 11.2 Å². The molecule has 3 N–H and O–H groups in total. The van der Waals surface area contributed by atoms with Gasteiger partial charge in [-0.1, -0.05) is 33.8 Å². The molecule has 1 atom stereocenters. The van der Waals surface area contributed by atoms with Gasteiger partial charge in [-0.05, 0) is 18.2 Å². The Kier molecular flexibility index (Phi) is 5.56. The van der Waals surface area contributed by atoms with Gasteiger partial charge in [0.05, 0.1) is 10.5 Å². The molecule has 0 aliphatic heterocycles. The van der Waals surface area contributed by atoms with E-state index < -0.39 is 32.0 Å². The molecule has 1 aliphatic carbocycles. The molecule has 0 heterocycles. The summed E-state index contributed by atoms with van der Waals surface area (Å²) in [5, 5.41) is 16.7. The fourth-order valence-corrected chi connectivity index (χ4v) is 2.70. The minimum atomic E-state index is -1.29. The average Bonchev–Trinajstić information content (AvgIpc) is 2.53. The molecule has 1 aromatic carbocycles. The van der Waals surface area contributed by atoms with Crippen molar-refractivity contribution in [2.45, 2.75) is 3.92 Å². The van der Waals surface area contributed by atoms with E-state index in [1.54, 1.807) is 22.6 Å². The molecule has 1 unspecified atom stereocenters. The van der Waals surface area contributed by atoms with Crippen LogP contribution in [0.5, 0.6) is 0 Å². The van der Waals surface area contributed by atoms with E-state index in [4.69, 9.17) is 5.90 Å². The van der Waals surface area contributed by atoms with Crippen LogP contribution in [-0.4, -0.2) is 20.5 Å². The number of benzene rings is 1. The first-order chi connectivity index (χ1) is 11.4. The normalized spacial score (nSPS) is 18.7. The summed E-state index contributed by atoms with van der Waals surface area (Å²) < 4.78 is 26.0. The van der Waals surface area contributed by atoms with E-state index in [1.807, 2.05) is 0 Å². The predicted molar refractivity (Wildman–Crippen MR) is 87.5 cm³/mol. The lowest BCUT2D eigenvalue weighted by Crippen LogP contribution is -2.35. The van der Waals surface area contributed by atoms with E-state index in [1.165, 1.54) is 12.1 Å². The SMILES string of the molecule is NO/N=C1/C([N+](=O)[O-])=CC=C(NC(=O)c2cccc(F)c2F)C1I. The van der Waals surface area contributed by atoms with E-state index in [2.05, 4.69) is 15.4 Å². The second-order valence-electron chi connectivity index (χ2n) is 4.43. The maximum atomic E-state index is 13.7. The molecule has 1 amide bonds. The van der Waals surface area contributed by atoms with Crippen LogP contribution in [0.2, 0.25) is 0 Å². The molecule has 11 heteroatoms. The zero-order valence-electron chi connectivity index (χ0n) is 11.7. The quantitative estimate of drug-likeness (QED) is 0.314. The topological polar surface area (TPSA) is 120 Å². The summed E-state index contributed by atoms with van der Waals surface area (Å²) >= 11 is 1.76. The van der Waals surface area contributed by atoms with Crippen molar-refractivity contribution >= 4 is 34.2 Å². The number of nitrogens with one attached hydrogen (secondary N) is 1. The number of nitro groups is 1. The van der Waals surface area contributed by atoms with Gasteiger partial charge in [0, 0.05) is 11.8 Å². The van der Waals surface area contributed by atoms with Crippen LogP contribution in [0.25, 0.3) is 0 Å². The highest BCUT2D eigenvalue weighted by molar-refractivity contribution is 14.1. The fourth-order valence-electron chi connectivity index (χ4n) is 1.90. The molecule has 0 aromatic heterocycles. The molecule has 8 nitrogen and oxygen atoms in total. The zero-order chi connectivity index (χ0) is 17.9. The van der Waals surface area contributed by atoms with Gasteiger partial charge >= 0.3 is 0 Å². The summed E-state index contributed by atoms with van der Waals surface area (Å²) in [6.45, 7) is 0. The van der Waals surface area contributed by atoms with Crippen LogP contribution in [0.3, 0.4) is 0 Å². The van der Waals surface area contributed by atoms with E-state index in [0.717, 1.165) is 18.2 Å². The molecule has 1 aromatic rings. The third kappa shape index (κ3) is 3.56. The van der Waals surface area contributed by atoms with Crippen molar-refractivity contribution in [1.29, 1.82) is 0 Å². The monoisotopic (exact) mass is 450 g/mol. The van der Waals surface area contributed by atoms with Crippen LogP contribution in [-0.2, 0) is 4.94 Å². The van der Waals surface area contributed by atoms with E-state index in [0.29, 0.717) is 0 Å². The summed E-state index contributed by atoms with van der Waals surface area (Å²) in [7, 11) is 0. The Balaban J connectivity index is 2.32. The molecule has 0 fully saturated rings. The summed E-state index contributed by atoms with van der Waals surface area (Å²) in [6, 6.07) is 3.17. The van der Waals surface area contributed by atoms with Gasteiger partial charge < -0.3 is 10.3 Å². The Morgan fingerprint density at radius 1 is 1.42 bits per heavy atom. The largest absolute Gasteiger partial charge is 0.324 e. The molecular weight excluding hydrogens is 441 g/mol. The first kappa shape index (κ1) is 17.9. The predicted octanol–water partition coefficient (Wildman–Crippen LogP) is 1.80. The van der Waals surface area contributed by atoms with E-state index in [-0.39, 0.29) is 17.1 Å². The second kappa shape index (κ2) is 7.44. The Morgan fingerprint density at radius 2 is 2.12 bits per heavy atom. The Labute approximate surface area is 147 Å². The first-order valence-corrected chi connectivity index (χ1v) is 7.51. The maximum Gasteiger partial charge on any atom is 0.295 e. The van der Waals surface area contributed by atoms with Crippen LogP contribution >= 0.6 is 22.6 Å². The molecule has 126 valence electrons. The molecular formula is C13H9F2IN4O4. The van der Waals surface area contributed by atoms with Crippen molar-refractivity contribution in [3.63, 3.8) is 0 Å². The van der Waals surface area contributed by atoms with E-state index in [9.17, 15) is 23.7 Å². The second-order valence-corrected chi connectivity index (χ2v) is 5.68.